The van der Waals surface area contributed by atoms with Crippen LogP contribution in [0.25, 0.3) is 0 Å². The van der Waals surface area contributed by atoms with E-state index in [0.29, 0.717) is 13.2 Å². The Balaban J connectivity index is 2.56. The molecule has 0 N–H and O–H groups in total. The van der Waals surface area contributed by atoms with Crippen LogP contribution in [0.2, 0.25) is 0 Å². The van der Waals surface area contributed by atoms with Gasteiger partial charge in [-0.25, -0.2) is 0 Å². The smallest absolute Gasteiger partial charge is 0.118 e. The average Bonchev–Trinajstić information content (AvgIpc) is 2.35. The van der Waals surface area contributed by atoms with Crippen molar-refractivity contribution in [1.82, 2.24) is 0 Å². The molecule has 1 atom stereocenters. The summed E-state index contributed by atoms with van der Waals surface area (Å²) < 4.78 is 15.7. The lowest BCUT2D eigenvalue weighted by Gasteiger charge is -2.15. The third-order valence-electron chi connectivity index (χ3n) is 2.23. The molecule has 0 saturated carbocycles. The van der Waals surface area contributed by atoms with Crippen molar-refractivity contribution < 1.29 is 14.2 Å². The van der Waals surface area contributed by atoms with Gasteiger partial charge in [0.2, 0.25) is 0 Å². The number of hydrogen-bond acceptors (Lipinski definition) is 3. The Kier molecular flexibility index (Phi) is 6.45. The fourth-order valence-electron chi connectivity index (χ4n) is 1.32. The maximum atomic E-state index is 5.68. The van der Waals surface area contributed by atoms with Crippen molar-refractivity contribution in [2.24, 2.45) is 0 Å². The van der Waals surface area contributed by atoms with E-state index in [4.69, 9.17) is 14.2 Å². The third kappa shape index (κ3) is 4.12. The van der Waals surface area contributed by atoms with Gasteiger partial charge in [0.25, 0.3) is 0 Å². The normalized spacial score (nSPS) is 12.4. The molecule has 0 fully saturated rings. The molecule has 3 nitrogen and oxygen atoms in total. The molecule has 0 heterocycles. The first-order valence-electron chi connectivity index (χ1n) is 5.12. The third-order valence-corrected chi connectivity index (χ3v) is 2.82. The monoisotopic (exact) mass is 288 g/mol. The van der Waals surface area contributed by atoms with Crippen LogP contribution in [0.5, 0.6) is 5.75 Å². The number of rotatable bonds is 7. The van der Waals surface area contributed by atoms with Gasteiger partial charge in [-0.05, 0) is 17.7 Å². The summed E-state index contributed by atoms with van der Waals surface area (Å²) in [7, 11) is 3.33. The Morgan fingerprint density at radius 3 is 2.31 bits per heavy atom. The van der Waals surface area contributed by atoms with Crippen LogP contribution in [0, 0.1) is 0 Å². The second kappa shape index (κ2) is 7.65. The zero-order valence-corrected chi connectivity index (χ0v) is 11.2. The minimum Gasteiger partial charge on any atom is -0.497 e. The van der Waals surface area contributed by atoms with Crippen molar-refractivity contribution >= 4 is 15.9 Å². The van der Waals surface area contributed by atoms with Gasteiger partial charge in [0.05, 0.1) is 26.4 Å². The van der Waals surface area contributed by atoms with Crippen molar-refractivity contribution in [3.05, 3.63) is 29.8 Å². The first kappa shape index (κ1) is 13.5. The molecule has 1 rings (SSSR count). The average molecular weight is 289 g/mol. The van der Waals surface area contributed by atoms with Crippen LogP contribution in [-0.2, 0) is 9.47 Å². The molecule has 0 bridgehead atoms. The lowest BCUT2D eigenvalue weighted by molar-refractivity contribution is 0.0284. The Hall–Kier alpha value is -0.580. The van der Waals surface area contributed by atoms with Crippen LogP contribution >= 0.6 is 15.9 Å². The molecule has 1 unspecified atom stereocenters. The highest BCUT2D eigenvalue weighted by Crippen LogP contribution is 2.22. The molecule has 0 aliphatic rings. The highest BCUT2D eigenvalue weighted by molar-refractivity contribution is 9.09. The second-order valence-electron chi connectivity index (χ2n) is 3.28. The number of alkyl halides is 1. The molecule has 0 aromatic heterocycles. The largest absolute Gasteiger partial charge is 0.497 e. The van der Waals surface area contributed by atoms with Gasteiger partial charge in [-0.1, -0.05) is 28.1 Å². The van der Waals surface area contributed by atoms with E-state index in [2.05, 4.69) is 15.9 Å². The van der Waals surface area contributed by atoms with Crippen molar-refractivity contribution in [3.8, 4) is 5.75 Å². The van der Waals surface area contributed by atoms with Crippen molar-refractivity contribution in [2.75, 3.05) is 32.8 Å². The van der Waals surface area contributed by atoms with Gasteiger partial charge < -0.3 is 14.2 Å². The van der Waals surface area contributed by atoms with Crippen LogP contribution in [-0.4, -0.2) is 32.8 Å². The van der Waals surface area contributed by atoms with E-state index < -0.39 is 0 Å². The zero-order valence-electron chi connectivity index (χ0n) is 9.61. The summed E-state index contributed by atoms with van der Waals surface area (Å²) in [5.74, 6) is 0.856. The SMILES string of the molecule is COCCOC(CBr)c1ccc(OC)cc1. The first-order chi connectivity index (χ1) is 7.81. The van der Waals surface area contributed by atoms with Crippen LogP contribution in [0.4, 0.5) is 0 Å². The van der Waals surface area contributed by atoms with Gasteiger partial charge >= 0.3 is 0 Å². The number of benzene rings is 1. The second-order valence-corrected chi connectivity index (χ2v) is 3.93. The quantitative estimate of drug-likeness (QED) is 0.570. The molecular weight excluding hydrogens is 272 g/mol. The van der Waals surface area contributed by atoms with Crippen molar-refractivity contribution in [1.29, 1.82) is 0 Å². The predicted octanol–water partition coefficient (Wildman–Crippen LogP) is 2.79. The standard InChI is InChI=1S/C12H17BrO3/c1-14-7-8-16-12(9-13)10-3-5-11(15-2)6-4-10/h3-6,12H,7-9H2,1-2H3. The molecule has 1 aromatic carbocycles. The maximum Gasteiger partial charge on any atom is 0.118 e. The lowest BCUT2D eigenvalue weighted by atomic mass is 10.1. The minimum absolute atomic E-state index is 0.0565. The Morgan fingerprint density at radius 2 is 1.81 bits per heavy atom. The predicted molar refractivity (Wildman–Crippen MR) is 67.4 cm³/mol. The topological polar surface area (TPSA) is 27.7 Å². The molecule has 90 valence electrons. The van der Waals surface area contributed by atoms with E-state index in [0.717, 1.165) is 16.6 Å². The van der Waals surface area contributed by atoms with Gasteiger partial charge in [-0.15, -0.1) is 0 Å². The number of hydrogen-bond donors (Lipinski definition) is 0. The van der Waals surface area contributed by atoms with Crippen LogP contribution in [0.3, 0.4) is 0 Å². The fourth-order valence-corrected chi connectivity index (χ4v) is 1.88. The van der Waals surface area contributed by atoms with Crippen LogP contribution < -0.4 is 4.74 Å². The lowest BCUT2D eigenvalue weighted by Crippen LogP contribution is -2.10. The molecule has 0 saturated heterocycles. The summed E-state index contributed by atoms with van der Waals surface area (Å²) in [4.78, 5) is 0. The van der Waals surface area contributed by atoms with Crippen molar-refractivity contribution in [2.45, 2.75) is 6.10 Å². The van der Waals surface area contributed by atoms with Gasteiger partial charge in [-0.2, -0.15) is 0 Å². The van der Waals surface area contributed by atoms with E-state index in [1.54, 1.807) is 14.2 Å². The molecule has 0 radical (unpaired) electrons. The first-order valence-corrected chi connectivity index (χ1v) is 6.24. The highest BCUT2D eigenvalue weighted by atomic mass is 79.9. The Bertz CT molecular complexity index is 287. The van der Waals surface area contributed by atoms with Crippen LogP contribution in [0.1, 0.15) is 11.7 Å². The van der Waals surface area contributed by atoms with Gasteiger partial charge in [0.15, 0.2) is 0 Å². The summed E-state index contributed by atoms with van der Waals surface area (Å²) in [5, 5.41) is 0.767. The van der Waals surface area contributed by atoms with E-state index in [1.807, 2.05) is 24.3 Å². The molecular formula is C12H17BrO3. The van der Waals surface area contributed by atoms with Gasteiger partial charge in [0.1, 0.15) is 5.75 Å². The zero-order chi connectivity index (χ0) is 11.8. The number of methoxy groups -OCH3 is 2. The molecule has 16 heavy (non-hydrogen) atoms. The molecule has 0 amide bonds. The van der Waals surface area contributed by atoms with E-state index in [1.165, 1.54) is 0 Å². The van der Waals surface area contributed by atoms with Gasteiger partial charge in [0, 0.05) is 12.4 Å². The van der Waals surface area contributed by atoms with E-state index >= 15 is 0 Å². The highest BCUT2D eigenvalue weighted by Gasteiger charge is 2.10. The molecule has 1 aromatic rings. The molecule has 0 aliphatic heterocycles. The van der Waals surface area contributed by atoms with Crippen molar-refractivity contribution in [3.63, 3.8) is 0 Å². The van der Waals surface area contributed by atoms with E-state index in [-0.39, 0.29) is 6.10 Å². The van der Waals surface area contributed by atoms with E-state index in [9.17, 15) is 0 Å². The minimum atomic E-state index is 0.0565. The molecule has 4 heteroatoms. The summed E-state index contributed by atoms with van der Waals surface area (Å²) in [6.07, 6.45) is 0.0565. The van der Waals surface area contributed by atoms with Gasteiger partial charge in [-0.3, -0.25) is 0 Å². The number of halogens is 1. The Morgan fingerprint density at radius 1 is 1.12 bits per heavy atom. The van der Waals surface area contributed by atoms with Crippen LogP contribution in [0.15, 0.2) is 24.3 Å². The molecule has 0 spiro atoms. The summed E-state index contributed by atoms with van der Waals surface area (Å²) in [6.45, 7) is 1.21. The fraction of sp³-hybridized carbons (Fsp3) is 0.500. The number of ether oxygens (including phenoxy) is 3. The summed E-state index contributed by atoms with van der Waals surface area (Å²) >= 11 is 3.44. The Labute approximate surface area is 105 Å². The molecule has 0 aliphatic carbocycles. The summed E-state index contributed by atoms with van der Waals surface area (Å²) in [6, 6.07) is 7.89. The maximum absolute atomic E-state index is 5.68. The summed E-state index contributed by atoms with van der Waals surface area (Å²) in [5.41, 5.74) is 1.13.